The Labute approximate surface area is 259 Å². The van der Waals surface area contributed by atoms with E-state index in [4.69, 9.17) is 9.93 Å². The average molecular weight is 620 g/mol. The standard InChI is InChI=1S/C34H36F3N5O3/c1-22-16-31(45-41-22)29-14-7-15-42(29)32(38)25-11-6-12-26(19-25)33(44)40-28(18-23-8-3-2-4-9-23)30(43)21-39-20-24-10-5-13-27(17-24)34(35,36)37/h2-6,8-13,16-17,19,28-30,38-39,43H,7,14-15,18,20-21H2,1H3,(H,40,44)/t28-,29?,30+/m0/s1. The van der Waals surface area contributed by atoms with Crippen LogP contribution in [0, 0.1) is 12.3 Å². The number of likely N-dealkylation sites (tertiary alicyclic amines) is 1. The van der Waals surface area contributed by atoms with Crippen LogP contribution in [0.4, 0.5) is 13.2 Å². The number of benzene rings is 3. The highest BCUT2D eigenvalue weighted by molar-refractivity contribution is 6.01. The molecular formula is C34H36F3N5O3. The molecule has 236 valence electrons. The lowest BCUT2D eigenvalue weighted by Crippen LogP contribution is -2.48. The number of nitrogens with one attached hydrogen (secondary N) is 3. The van der Waals surface area contributed by atoms with Crippen molar-refractivity contribution >= 4 is 11.7 Å². The van der Waals surface area contributed by atoms with Crippen LogP contribution in [-0.4, -0.2) is 52.1 Å². The van der Waals surface area contributed by atoms with E-state index in [1.165, 1.54) is 6.07 Å². The van der Waals surface area contributed by atoms with E-state index in [1.807, 2.05) is 48.2 Å². The van der Waals surface area contributed by atoms with E-state index in [0.29, 0.717) is 35.4 Å². The van der Waals surface area contributed by atoms with E-state index in [0.717, 1.165) is 36.2 Å². The van der Waals surface area contributed by atoms with Gasteiger partial charge in [-0.05, 0) is 55.5 Å². The lowest BCUT2D eigenvalue weighted by molar-refractivity contribution is -0.137. The second-order valence-corrected chi connectivity index (χ2v) is 11.3. The molecule has 1 aromatic heterocycles. The number of carbonyl (C=O) groups excluding carboxylic acids is 1. The highest BCUT2D eigenvalue weighted by Crippen LogP contribution is 2.33. The van der Waals surface area contributed by atoms with E-state index >= 15 is 0 Å². The van der Waals surface area contributed by atoms with Crippen molar-refractivity contribution < 1.29 is 27.6 Å². The topological polar surface area (TPSA) is 114 Å². The fourth-order valence-electron chi connectivity index (χ4n) is 5.61. The van der Waals surface area contributed by atoms with E-state index in [9.17, 15) is 23.1 Å². The van der Waals surface area contributed by atoms with Gasteiger partial charge in [0.25, 0.3) is 5.91 Å². The number of hydrogen-bond acceptors (Lipinski definition) is 6. The van der Waals surface area contributed by atoms with E-state index in [1.54, 1.807) is 30.3 Å². The lowest BCUT2D eigenvalue weighted by atomic mass is 10.00. The van der Waals surface area contributed by atoms with Gasteiger partial charge in [-0.1, -0.05) is 65.8 Å². The Balaban J connectivity index is 1.26. The Kier molecular flexibility index (Phi) is 9.99. The van der Waals surface area contributed by atoms with Gasteiger partial charge in [0.05, 0.1) is 29.4 Å². The highest BCUT2D eigenvalue weighted by Gasteiger charge is 2.32. The number of alkyl halides is 3. The summed E-state index contributed by atoms with van der Waals surface area (Å²) in [5, 5.41) is 30.0. The average Bonchev–Trinajstić information content (AvgIpc) is 3.70. The SMILES string of the molecule is Cc1cc(C2CCCN2C(=N)c2cccc(C(=O)N[C@@H](Cc3ccccc3)[C@H](O)CNCc3cccc(C(F)(F)F)c3)c2)on1. The number of amides is 1. The maximum Gasteiger partial charge on any atom is 0.416 e. The van der Waals surface area contributed by atoms with Crippen molar-refractivity contribution in [1.29, 1.82) is 5.41 Å². The number of halogens is 3. The molecular weight excluding hydrogens is 583 g/mol. The third kappa shape index (κ3) is 8.17. The molecule has 0 saturated carbocycles. The van der Waals surface area contributed by atoms with Gasteiger partial charge in [-0.2, -0.15) is 13.2 Å². The molecule has 4 N–H and O–H groups in total. The summed E-state index contributed by atoms with van der Waals surface area (Å²) in [4.78, 5) is 15.5. The van der Waals surface area contributed by atoms with Crippen molar-refractivity contribution in [2.75, 3.05) is 13.1 Å². The number of aliphatic hydroxyl groups excluding tert-OH is 1. The second-order valence-electron chi connectivity index (χ2n) is 11.3. The van der Waals surface area contributed by atoms with Gasteiger partial charge in [0.2, 0.25) is 0 Å². The van der Waals surface area contributed by atoms with Gasteiger partial charge in [0.1, 0.15) is 5.84 Å². The summed E-state index contributed by atoms with van der Waals surface area (Å²) in [6.45, 7) is 2.69. The van der Waals surface area contributed by atoms with Crippen LogP contribution < -0.4 is 10.6 Å². The van der Waals surface area contributed by atoms with Crippen molar-refractivity contribution in [3.8, 4) is 0 Å². The molecule has 1 fully saturated rings. The molecule has 1 aliphatic heterocycles. The van der Waals surface area contributed by atoms with Crippen LogP contribution in [0.3, 0.4) is 0 Å². The quantitative estimate of drug-likeness (QED) is 0.127. The maximum atomic E-state index is 13.5. The highest BCUT2D eigenvalue weighted by atomic mass is 19.4. The summed E-state index contributed by atoms with van der Waals surface area (Å²) in [5.74, 6) is 0.579. The van der Waals surface area contributed by atoms with Crippen molar-refractivity contribution in [3.63, 3.8) is 0 Å². The molecule has 1 saturated heterocycles. The number of rotatable bonds is 11. The molecule has 3 atom stereocenters. The minimum atomic E-state index is -4.44. The van der Waals surface area contributed by atoms with Gasteiger partial charge in [0, 0.05) is 36.8 Å². The largest absolute Gasteiger partial charge is 0.416 e. The zero-order valence-corrected chi connectivity index (χ0v) is 24.8. The van der Waals surface area contributed by atoms with E-state index < -0.39 is 29.8 Å². The molecule has 3 aromatic carbocycles. The lowest BCUT2D eigenvalue weighted by Gasteiger charge is -2.26. The number of aromatic nitrogens is 1. The third-order valence-corrected chi connectivity index (χ3v) is 7.93. The van der Waals surface area contributed by atoms with Crippen LogP contribution in [0.2, 0.25) is 0 Å². The fraction of sp³-hybridized carbons (Fsp3) is 0.324. The Hall–Kier alpha value is -4.48. The number of carbonyl (C=O) groups is 1. The monoisotopic (exact) mass is 619 g/mol. The molecule has 5 rings (SSSR count). The molecule has 0 radical (unpaired) electrons. The molecule has 1 amide bonds. The van der Waals surface area contributed by atoms with Crippen molar-refractivity contribution in [2.45, 2.75) is 57.1 Å². The van der Waals surface area contributed by atoms with Gasteiger partial charge >= 0.3 is 6.18 Å². The first kappa shape index (κ1) is 31.9. The molecule has 2 heterocycles. The summed E-state index contributed by atoms with van der Waals surface area (Å²) in [5.41, 5.74) is 2.29. The fourth-order valence-corrected chi connectivity index (χ4v) is 5.61. The Morgan fingerprint density at radius 3 is 2.51 bits per heavy atom. The van der Waals surface area contributed by atoms with Gasteiger partial charge in [-0.15, -0.1) is 0 Å². The van der Waals surface area contributed by atoms with Crippen LogP contribution in [0.25, 0.3) is 0 Å². The van der Waals surface area contributed by atoms with E-state index in [2.05, 4.69) is 15.8 Å². The molecule has 1 aliphatic rings. The molecule has 1 unspecified atom stereocenters. The van der Waals surface area contributed by atoms with Crippen molar-refractivity contribution in [3.05, 3.63) is 124 Å². The van der Waals surface area contributed by atoms with Gasteiger partial charge < -0.3 is 25.2 Å². The van der Waals surface area contributed by atoms with Crippen LogP contribution in [0.1, 0.15) is 62.9 Å². The summed E-state index contributed by atoms with van der Waals surface area (Å²) in [6, 6.07) is 22.3. The molecule has 0 spiro atoms. The van der Waals surface area contributed by atoms with Crippen molar-refractivity contribution in [1.82, 2.24) is 20.7 Å². The molecule has 4 aromatic rings. The minimum Gasteiger partial charge on any atom is -0.390 e. The first-order valence-electron chi connectivity index (χ1n) is 14.9. The van der Waals surface area contributed by atoms with Crippen LogP contribution in [0.15, 0.2) is 89.5 Å². The summed E-state index contributed by atoms with van der Waals surface area (Å²) in [6.07, 6.45) is -3.42. The summed E-state index contributed by atoms with van der Waals surface area (Å²) in [7, 11) is 0. The Morgan fingerprint density at radius 1 is 1.04 bits per heavy atom. The Morgan fingerprint density at radius 2 is 1.78 bits per heavy atom. The zero-order valence-electron chi connectivity index (χ0n) is 24.8. The number of nitrogens with zero attached hydrogens (tertiary/aromatic N) is 2. The normalized spacial score (nSPS) is 16.4. The number of amidine groups is 1. The van der Waals surface area contributed by atoms with Crippen LogP contribution >= 0.6 is 0 Å². The minimum absolute atomic E-state index is 0.0379. The third-order valence-electron chi connectivity index (χ3n) is 7.93. The first-order chi connectivity index (χ1) is 21.6. The molecule has 11 heteroatoms. The molecule has 45 heavy (non-hydrogen) atoms. The zero-order chi connectivity index (χ0) is 32.0. The maximum absolute atomic E-state index is 13.5. The second kappa shape index (κ2) is 14.1. The molecule has 0 bridgehead atoms. The Bertz CT molecular complexity index is 1610. The predicted octanol–water partition coefficient (Wildman–Crippen LogP) is 5.66. The summed E-state index contributed by atoms with van der Waals surface area (Å²) >= 11 is 0. The van der Waals surface area contributed by atoms with Gasteiger partial charge in [0.15, 0.2) is 5.76 Å². The van der Waals surface area contributed by atoms with Crippen LogP contribution in [0.5, 0.6) is 0 Å². The number of aliphatic hydroxyl groups is 1. The smallest absolute Gasteiger partial charge is 0.390 e. The van der Waals surface area contributed by atoms with Gasteiger partial charge in [-0.25, -0.2) is 0 Å². The first-order valence-corrected chi connectivity index (χ1v) is 14.9. The van der Waals surface area contributed by atoms with E-state index in [-0.39, 0.29) is 25.0 Å². The number of hydrogen-bond donors (Lipinski definition) is 4. The number of aryl methyl sites for hydroxylation is 1. The van der Waals surface area contributed by atoms with Gasteiger partial charge in [-0.3, -0.25) is 10.2 Å². The molecule has 8 nitrogen and oxygen atoms in total. The predicted molar refractivity (Wildman–Crippen MR) is 164 cm³/mol. The van der Waals surface area contributed by atoms with Crippen LogP contribution in [-0.2, 0) is 19.1 Å². The summed E-state index contributed by atoms with van der Waals surface area (Å²) < 4.78 is 44.8. The van der Waals surface area contributed by atoms with Crippen molar-refractivity contribution in [2.24, 2.45) is 0 Å². The molecule has 0 aliphatic carbocycles.